The highest BCUT2D eigenvalue weighted by Crippen LogP contribution is 2.30. The lowest BCUT2D eigenvalue weighted by atomic mass is 9.97. The second-order valence-corrected chi connectivity index (χ2v) is 17.8. The standard InChI is InChI=1S/2C26H30N2O.4C2H2O4.H2O/c2*1-22-10-8-9-15-25(22)26(23-11-4-2-5-12-23)29-21-20-27-16-18-28(19-17-27)24-13-6-3-7-14-24;4*3-1(4)2(5)6;/h2*2-15,26H,16-21H2,1H3;4*(H,3,4)(H,5,6);1H2. The molecule has 83 heavy (non-hydrogen) atoms. The van der Waals surface area contributed by atoms with Crippen molar-refractivity contribution in [3.63, 3.8) is 0 Å². The van der Waals surface area contributed by atoms with E-state index in [0.717, 1.165) is 78.7 Å². The molecule has 2 saturated heterocycles. The first-order valence-corrected chi connectivity index (χ1v) is 25.5. The molecule has 2 unspecified atom stereocenters. The van der Waals surface area contributed by atoms with Crippen molar-refractivity contribution in [2.75, 3.05) is 88.5 Å². The molecular formula is C60H70N4O19. The predicted octanol–water partition coefficient (Wildman–Crippen LogP) is 5.64. The van der Waals surface area contributed by atoms with Crippen LogP contribution < -0.4 is 9.80 Å². The SMILES string of the molecule is Cc1ccccc1C(OCCN1CCN(c2ccccc2)CC1)c1ccccc1.Cc1ccccc1C(OCCN1CCN(c2ccccc2)CC1)c1ccccc1.O.O=C(O)C(=O)O.O=C(O)C(=O)O.O=C(O)C(=O)O.O=C(O)C(=O)O. The van der Waals surface area contributed by atoms with Crippen LogP contribution in [0.1, 0.15) is 45.6 Å². The smallest absolute Gasteiger partial charge is 0.414 e. The average Bonchev–Trinajstić information content (AvgIpc) is 3.50. The van der Waals surface area contributed by atoms with Crippen molar-refractivity contribution in [3.05, 3.63) is 203 Å². The van der Waals surface area contributed by atoms with E-state index in [2.05, 4.69) is 203 Å². The van der Waals surface area contributed by atoms with Crippen molar-refractivity contribution in [2.24, 2.45) is 0 Å². The Morgan fingerprint density at radius 2 is 0.578 bits per heavy atom. The van der Waals surface area contributed by atoms with Crippen LogP contribution in [0.4, 0.5) is 11.4 Å². The van der Waals surface area contributed by atoms with Gasteiger partial charge in [0.25, 0.3) is 0 Å². The molecule has 6 aromatic rings. The maximum Gasteiger partial charge on any atom is 0.414 e. The number of ether oxygens (including phenoxy) is 2. The summed E-state index contributed by atoms with van der Waals surface area (Å²) >= 11 is 0. The Balaban J connectivity index is 0.000000405. The van der Waals surface area contributed by atoms with E-state index in [4.69, 9.17) is 88.7 Å². The first kappa shape index (κ1) is 69.6. The lowest BCUT2D eigenvalue weighted by molar-refractivity contribution is -0.159. The molecule has 2 fully saturated rings. The third kappa shape index (κ3) is 26.5. The lowest BCUT2D eigenvalue weighted by Crippen LogP contribution is -2.47. The van der Waals surface area contributed by atoms with Gasteiger partial charge in [-0.25, -0.2) is 38.4 Å². The number of carboxylic acids is 8. The largest absolute Gasteiger partial charge is 0.473 e. The summed E-state index contributed by atoms with van der Waals surface area (Å²) in [5.74, 6) is -14.6. The molecule has 2 aliphatic rings. The van der Waals surface area contributed by atoms with E-state index in [1.165, 1.54) is 44.8 Å². The highest BCUT2D eigenvalue weighted by Gasteiger charge is 2.22. The fraction of sp³-hybridized carbons (Fsp3) is 0.267. The molecule has 8 rings (SSSR count). The molecule has 0 aliphatic carbocycles. The van der Waals surface area contributed by atoms with E-state index in [1.807, 2.05) is 0 Å². The topological polar surface area (TPSA) is 361 Å². The van der Waals surface area contributed by atoms with Gasteiger partial charge in [0.15, 0.2) is 0 Å². The number of benzene rings is 6. The number of hydrogen-bond donors (Lipinski definition) is 8. The van der Waals surface area contributed by atoms with Gasteiger partial charge in [-0.05, 0) is 71.5 Å². The summed E-state index contributed by atoms with van der Waals surface area (Å²) in [7, 11) is 0. The molecule has 23 nitrogen and oxygen atoms in total. The summed E-state index contributed by atoms with van der Waals surface area (Å²) < 4.78 is 12.9. The molecule has 23 heteroatoms. The van der Waals surface area contributed by atoms with Crippen LogP contribution in [0, 0.1) is 13.8 Å². The molecule has 0 saturated carbocycles. The van der Waals surface area contributed by atoms with Crippen LogP contribution in [0.25, 0.3) is 0 Å². The zero-order chi connectivity index (χ0) is 60.4. The summed E-state index contributed by atoms with van der Waals surface area (Å²) in [6.07, 6.45) is -0.0222. The molecule has 0 bridgehead atoms. The van der Waals surface area contributed by atoms with Gasteiger partial charge in [0.2, 0.25) is 0 Å². The monoisotopic (exact) mass is 1150 g/mol. The van der Waals surface area contributed by atoms with Crippen molar-refractivity contribution in [1.29, 1.82) is 0 Å². The number of hydrogen-bond acceptors (Lipinski definition) is 14. The van der Waals surface area contributed by atoms with E-state index in [1.54, 1.807) is 0 Å². The number of carbonyl (C=O) groups is 8. The molecule has 6 aromatic carbocycles. The van der Waals surface area contributed by atoms with Crippen molar-refractivity contribution in [1.82, 2.24) is 9.80 Å². The second-order valence-electron chi connectivity index (χ2n) is 17.8. The van der Waals surface area contributed by atoms with Crippen LogP contribution in [-0.4, -0.2) is 183 Å². The summed E-state index contributed by atoms with van der Waals surface area (Å²) in [5, 5.41) is 59.1. The van der Waals surface area contributed by atoms with Gasteiger partial charge in [0.1, 0.15) is 12.2 Å². The van der Waals surface area contributed by atoms with E-state index >= 15 is 0 Å². The molecule has 10 N–H and O–H groups in total. The Bertz CT molecular complexity index is 2630. The van der Waals surface area contributed by atoms with Crippen LogP contribution in [-0.2, 0) is 47.8 Å². The van der Waals surface area contributed by atoms with Gasteiger partial charge in [-0.1, -0.05) is 146 Å². The van der Waals surface area contributed by atoms with Gasteiger partial charge in [0, 0.05) is 76.8 Å². The zero-order valence-corrected chi connectivity index (χ0v) is 45.8. The van der Waals surface area contributed by atoms with Crippen LogP contribution in [0.15, 0.2) is 170 Å². The minimum absolute atomic E-state index is 0. The first-order valence-electron chi connectivity index (χ1n) is 25.5. The maximum absolute atomic E-state index is 9.10. The van der Waals surface area contributed by atoms with E-state index in [-0.39, 0.29) is 17.7 Å². The fourth-order valence-electron chi connectivity index (χ4n) is 8.09. The average molecular weight is 1150 g/mol. The number of piperazine rings is 2. The van der Waals surface area contributed by atoms with Gasteiger partial charge in [-0.15, -0.1) is 0 Å². The number of anilines is 2. The minimum Gasteiger partial charge on any atom is -0.473 e. The van der Waals surface area contributed by atoms with E-state index in [0.29, 0.717) is 0 Å². The van der Waals surface area contributed by atoms with Gasteiger partial charge in [-0.3, -0.25) is 9.80 Å². The van der Waals surface area contributed by atoms with Gasteiger partial charge in [-0.2, -0.15) is 0 Å². The fourth-order valence-corrected chi connectivity index (χ4v) is 8.09. The molecule has 2 heterocycles. The van der Waals surface area contributed by atoms with Crippen molar-refractivity contribution < 1.29 is 94.2 Å². The summed E-state index contributed by atoms with van der Waals surface area (Å²) in [6, 6.07) is 59.6. The van der Waals surface area contributed by atoms with Crippen molar-refractivity contribution in [3.8, 4) is 0 Å². The van der Waals surface area contributed by atoms with E-state index < -0.39 is 47.8 Å². The van der Waals surface area contributed by atoms with E-state index in [9.17, 15) is 0 Å². The zero-order valence-electron chi connectivity index (χ0n) is 45.8. The molecule has 444 valence electrons. The van der Waals surface area contributed by atoms with Gasteiger partial charge in [0.05, 0.1) is 13.2 Å². The number of nitrogens with zero attached hydrogens (tertiary/aromatic N) is 4. The van der Waals surface area contributed by atoms with Crippen LogP contribution >= 0.6 is 0 Å². The number of aryl methyl sites for hydroxylation is 2. The molecule has 0 spiro atoms. The molecule has 0 aromatic heterocycles. The summed E-state index contributed by atoms with van der Waals surface area (Å²) in [5.41, 5.74) is 10.2. The van der Waals surface area contributed by atoms with Crippen molar-refractivity contribution in [2.45, 2.75) is 26.1 Å². The lowest BCUT2D eigenvalue weighted by Gasteiger charge is -2.36. The Morgan fingerprint density at radius 3 is 0.819 bits per heavy atom. The quantitative estimate of drug-likeness (QED) is 0.0611. The highest BCUT2D eigenvalue weighted by atomic mass is 16.5. The number of aliphatic carboxylic acids is 8. The second kappa shape index (κ2) is 38.2. The normalized spacial score (nSPS) is 13.3. The highest BCUT2D eigenvalue weighted by molar-refractivity contribution is 6.28. The van der Waals surface area contributed by atoms with Crippen LogP contribution in [0.3, 0.4) is 0 Å². The number of rotatable bonds is 14. The van der Waals surface area contributed by atoms with Crippen LogP contribution in [0.5, 0.6) is 0 Å². The molecule has 0 amide bonds. The van der Waals surface area contributed by atoms with Gasteiger partial charge < -0.3 is 65.6 Å². The van der Waals surface area contributed by atoms with Gasteiger partial charge >= 0.3 is 47.8 Å². The third-order valence-corrected chi connectivity index (χ3v) is 12.2. The predicted molar refractivity (Wildman–Crippen MR) is 306 cm³/mol. The maximum atomic E-state index is 9.10. The molecular weight excluding hydrogens is 1080 g/mol. The number of carboxylic acid groups (broad SMARTS) is 8. The minimum atomic E-state index is -1.82. The van der Waals surface area contributed by atoms with Crippen molar-refractivity contribution >= 4 is 59.1 Å². The third-order valence-electron chi connectivity index (χ3n) is 12.2. The van der Waals surface area contributed by atoms with Crippen LogP contribution in [0.2, 0.25) is 0 Å². The molecule has 0 radical (unpaired) electrons. The molecule has 2 atom stereocenters. The number of para-hydroxylation sites is 2. The summed E-state index contributed by atoms with van der Waals surface area (Å²) in [4.78, 5) is 82.8. The first-order chi connectivity index (χ1) is 39.2. The Labute approximate surface area is 479 Å². The summed E-state index contributed by atoms with van der Waals surface area (Å²) in [6.45, 7) is 16.4. The Kier molecular flexibility index (Phi) is 32.0. The Morgan fingerprint density at radius 1 is 0.349 bits per heavy atom. The molecule has 2 aliphatic heterocycles. The Hall–Kier alpha value is -9.52.